The van der Waals surface area contributed by atoms with Crippen LogP contribution in [-0.2, 0) is 0 Å². The van der Waals surface area contributed by atoms with E-state index in [0.29, 0.717) is 0 Å². The Balaban J connectivity index is 1.74. The third-order valence-electron chi connectivity index (χ3n) is 5.51. The molecule has 0 atom stereocenters. The Morgan fingerprint density at radius 3 is 1.79 bits per heavy atom. The van der Waals surface area contributed by atoms with Gasteiger partial charge in [0.1, 0.15) is 0 Å². The molecule has 2 aromatic carbocycles. The monoisotopic (exact) mass is 363 g/mol. The van der Waals surface area contributed by atoms with Crippen LogP contribution < -0.4 is 0 Å². The van der Waals surface area contributed by atoms with Crippen LogP contribution in [-0.4, -0.2) is 14.5 Å². The first-order chi connectivity index (χ1) is 13.6. The highest BCUT2D eigenvalue weighted by atomic mass is 15.0. The maximum atomic E-state index is 4.32. The normalized spacial score (nSPS) is 11.4. The van der Waals surface area contributed by atoms with Crippen molar-refractivity contribution in [2.24, 2.45) is 0 Å². The maximum absolute atomic E-state index is 4.32. The van der Waals surface area contributed by atoms with Crippen LogP contribution in [0, 0.1) is 20.8 Å². The fourth-order valence-corrected chi connectivity index (χ4v) is 4.19. The van der Waals surface area contributed by atoms with E-state index < -0.39 is 0 Å². The standard InChI is InChI=1S/C25H21N3/c1-16-4-6-20(17(2)12-16)21-7-5-19(13-18(21)3)28-24-8-10-26-14-22(24)23-15-27-11-9-25(23)28/h4-15H,1-3H3. The predicted octanol–water partition coefficient (Wildman–Crippen LogP) is 6.17. The van der Waals surface area contributed by atoms with E-state index in [4.69, 9.17) is 0 Å². The van der Waals surface area contributed by atoms with Crippen molar-refractivity contribution in [1.29, 1.82) is 0 Å². The minimum Gasteiger partial charge on any atom is -0.309 e. The highest BCUT2D eigenvalue weighted by Crippen LogP contribution is 2.33. The minimum absolute atomic E-state index is 1.13. The Kier molecular flexibility index (Phi) is 3.76. The summed E-state index contributed by atoms with van der Waals surface area (Å²) >= 11 is 0. The molecule has 28 heavy (non-hydrogen) atoms. The Labute approximate surface area is 164 Å². The van der Waals surface area contributed by atoms with Crippen molar-refractivity contribution in [2.75, 3.05) is 0 Å². The van der Waals surface area contributed by atoms with Crippen molar-refractivity contribution in [1.82, 2.24) is 14.5 Å². The lowest BCUT2D eigenvalue weighted by Gasteiger charge is -2.14. The zero-order valence-corrected chi connectivity index (χ0v) is 16.3. The molecule has 0 aliphatic rings. The summed E-state index contributed by atoms with van der Waals surface area (Å²) in [6.45, 7) is 6.51. The zero-order chi connectivity index (χ0) is 19.3. The Bertz CT molecular complexity index is 1290. The molecule has 0 amide bonds. The molecule has 5 rings (SSSR count). The van der Waals surface area contributed by atoms with Crippen LogP contribution in [0.15, 0.2) is 73.3 Å². The molecule has 0 spiro atoms. The number of nitrogens with zero attached hydrogens (tertiary/aromatic N) is 3. The van der Waals surface area contributed by atoms with E-state index in [1.54, 1.807) is 0 Å². The number of aromatic nitrogens is 3. The molecule has 136 valence electrons. The lowest BCUT2D eigenvalue weighted by molar-refractivity contribution is 1.16. The topological polar surface area (TPSA) is 30.7 Å². The second kappa shape index (κ2) is 6.31. The molecular weight excluding hydrogens is 342 g/mol. The van der Waals surface area contributed by atoms with Gasteiger partial charge < -0.3 is 4.57 Å². The Morgan fingerprint density at radius 2 is 1.21 bits per heavy atom. The van der Waals surface area contributed by atoms with Crippen molar-refractivity contribution < 1.29 is 0 Å². The van der Waals surface area contributed by atoms with Gasteiger partial charge in [-0.15, -0.1) is 0 Å². The van der Waals surface area contributed by atoms with Crippen LogP contribution in [0.25, 0.3) is 38.6 Å². The number of benzene rings is 2. The summed E-state index contributed by atoms with van der Waals surface area (Å²) < 4.78 is 2.30. The SMILES string of the molecule is Cc1ccc(-c2ccc(-n3c4ccncc4c4cnccc43)cc2C)c(C)c1. The van der Waals surface area contributed by atoms with Gasteiger partial charge in [-0.1, -0.05) is 29.8 Å². The van der Waals surface area contributed by atoms with Crippen LogP contribution >= 0.6 is 0 Å². The summed E-state index contributed by atoms with van der Waals surface area (Å²) in [5.41, 5.74) is 9.91. The van der Waals surface area contributed by atoms with Crippen LogP contribution in [0.5, 0.6) is 0 Å². The molecular formula is C25H21N3. The summed E-state index contributed by atoms with van der Waals surface area (Å²) in [7, 11) is 0. The molecule has 0 fully saturated rings. The second-order valence-corrected chi connectivity index (χ2v) is 7.44. The van der Waals surface area contributed by atoms with E-state index in [2.05, 4.69) is 83.8 Å². The van der Waals surface area contributed by atoms with E-state index in [-0.39, 0.29) is 0 Å². The van der Waals surface area contributed by atoms with E-state index >= 15 is 0 Å². The van der Waals surface area contributed by atoms with E-state index in [1.165, 1.54) is 27.8 Å². The Morgan fingerprint density at radius 1 is 0.643 bits per heavy atom. The predicted molar refractivity (Wildman–Crippen MR) is 116 cm³/mol. The van der Waals surface area contributed by atoms with Crippen molar-refractivity contribution in [3.8, 4) is 16.8 Å². The molecule has 0 radical (unpaired) electrons. The fraction of sp³-hybridized carbons (Fsp3) is 0.120. The molecule has 3 aromatic heterocycles. The van der Waals surface area contributed by atoms with E-state index in [0.717, 1.165) is 27.5 Å². The maximum Gasteiger partial charge on any atom is 0.0572 e. The molecule has 3 heteroatoms. The molecule has 0 aliphatic heterocycles. The van der Waals surface area contributed by atoms with Gasteiger partial charge in [0.15, 0.2) is 0 Å². The molecule has 0 saturated carbocycles. The van der Waals surface area contributed by atoms with Crippen LogP contribution in [0.3, 0.4) is 0 Å². The highest BCUT2D eigenvalue weighted by molar-refractivity contribution is 6.08. The van der Waals surface area contributed by atoms with Crippen molar-refractivity contribution in [3.05, 3.63) is 90.0 Å². The lowest BCUT2D eigenvalue weighted by Crippen LogP contribution is -1.96. The average Bonchev–Trinajstić information content (AvgIpc) is 3.03. The summed E-state index contributed by atoms with van der Waals surface area (Å²) in [4.78, 5) is 8.63. The summed E-state index contributed by atoms with van der Waals surface area (Å²) in [5, 5.41) is 2.25. The molecule has 3 heterocycles. The van der Waals surface area contributed by atoms with Crippen LogP contribution in [0.4, 0.5) is 0 Å². The quantitative estimate of drug-likeness (QED) is 0.376. The molecule has 3 nitrogen and oxygen atoms in total. The largest absolute Gasteiger partial charge is 0.309 e. The first-order valence-electron chi connectivity index (χ1n) is 9.50. The fourth-order valence-electron chi connectivity index (χ4n) is 4.19. The van der Waals surface area contributed by atoms with Gasteiger partial charge in [0.05, 0.1) is 11.0 Å². The van der Waals surface area contributed by atoms with Gasteiger partial charge in [0, 0.05) is 41.2 Å². The molecule has 0 bridgehead atoms. The second-order valence-electron chi connectivity index (χ2n) is 7.44. The summed E-state index contributed by atoms with van der Waals surface area (Å²) in [6.07, 6.45) is 7.55. The zero-order valence-electron chi connectivity index (χ0n) is 16.3. The highest BCUT2D eigenvalue weighted by Gasteiger charge is 2.13. The molecule has 0 aliphatic carbocycles. The third-order valence-corrected chi connectivity index (χ3v) is 5.51. The van der Waals surface area contributed by atoms with Gasteiger partial charge in [0.25, 0.3) is 0 Å². The number of fused-ring (bicyclic) bond motifs is 3. The number of hydrogen-bond acceptors (Lipinski definition) is 2. The average molecular weight is 363 g/mol. The van der Waals surface area contributed by atoms with E-state index in [1.807, 2.05) is 24.8 Å². The summed E-state index contributed by atoms with van der Waals surface area (Å²) in [6, 6.07) is 17.5. The molecule has 0 saturated heterocycles. The van der Waals surface area contributed by atoms with Gasteiger partial charge in [-0.05, 0) is 67.3 Å². The van der Waals surface area contributed by atoms with Crippen molar-refractivity contribution >= 4 is 21.8 Å². The number of hydrogen-bond donors (Lipinski definition) is 0. The van der Waals surface area contributed by atoms with E-state index in [9.17, 15) is 0 Å². The minimum atomic E-state index is 1.13. The molecule has 0 N–H and O–H groups in total. The van der Waals surface area contributed by atoms with Crippen LogP contribution in [0.2, 0.25) is 0 Å². The first-order valence-corrected chi connectivity index (χ1v) is 9.50. The molecule has 0 unspecified atom stereocenters. The number of aryl methyl sites for hydroxylation is 3. The molecule has 5 aromatic rings. The smallest absolute Gasteiger partial charge is 0.0572 e. The van der Waals surface area contributed by atoms with Crippen LogP contribution in [0.1, 0.15) is 16.7 Å². The Hall–Kier alpha value is -3.46. The van der Waals surface area contributed by atoms with Crippen molar-refractivity contribution in [2.45, 2.75) is 20.8 Å². The summed E-state index contributed by atoms with van der Waals surface area (Å²) in [5.74, 6) is 0. The van der Waals surface area contributed by atoms with Gasteiger partial charge >= 0.3 is 0 Å². The van der Waals surface area contributed by atoms with Gasteiger partial charge in [-0.25, -0.2) is 0 Å². The number of pyridine rings is 2. The van der Waals surface area contributed by atoms with Crippen molar-refractivity contribution in [3.63, 3.8) is 0 Å². The lowest BCUT2D eigenvalue weighted by atomic mass is 9.95. The number of rotatable bonds is 2. The van der Waals surface area contributed by atoms with Gasteiger partial charge in [-0.3, -0.25) is 9.97 Å². The van der Waals surface area contributed by atoms with Gasteiger partial charge in [-0.2, -0.15) is 0 Å². The third kappa shape index (κ3) is 2.51. The first kappa shape index (κ1) is 16.7. The van der Waals surface area contributed by atoms with Gasteiger partial charge in [0.2, 0.25) is 0 Å².